The summed E-state index contributed by atoms with van der Waals surface area (Å²) in [5.74, 6) is -0.116. The summed E-state index contributed by atoms with van der Waals surface area (Å²) in [6.45, 7) is 2.72. The number of hydrogen-bond donors (Lipinski definition) is 1. The molecule has 0 aliphatic carbocycles. The number of rotatable bonds is 2. The van der Waals surface area contributed by atoms with Crippen LogP contribution in [0.15, 0.2) is 0 Å². The van der Waals surface area contributed by atoms with Crippen LogP contribution < -0.4 is 5.32 Å². The highest BCUT2D eigenvalue weighted by Gasteiger charge is 2.27. The lowest BCUT2D eigenvalue weighted by Gasteiger charge is -2.11. The highest BCUT2D eigenvalue weighted by atomic mass is 32.3. The summed E-state index contributed by atoms with van der Waals surface area (Å²) in [5, 5.41) is 2.94. The van der Waals surface area contributed by atoms with Gasteiger partial charge in [-0.05, 0) is 18.9 Å². The molecule has 11 heavy (non-hydrogen) atoms. The lowest BCUT2D eigenvalue weighted by atomic mass is 10.1. The normalized spacial score (nSPS) is 32.5. The van der Waals surface area contributed by atoms with Crippen molar-refractivity contribution in [3.05, 3.63) is 0 Å². The first kappa shape index (κ1) is 8.93. The van der Waals surface area contributed by atoms with E-state index in [2.05, 4.69) is 5.32 Å². The van der Waals surface area contributed by atoms with Crippen molar-refractivity contribution in [1.82, 2.24) is 5.32 Å². The highest BCUT2D eigenvalue weighted by molar-refractivity contribution is 7.86. The van der Waals surface area contributed by atoms with E-state index in [9.17, 15) is 12.3 Å². The summed E-state index contributed by atoms with van der Waals surface area (Å²) in [4.78, 5) is 0. The SMILES string of the molecule is CC1CCNC1CS(=O)(=O)F. The molecule has 2 unspecified atom stereocenters. The van der Waals surface area contributed by atoms with E-state index in [1.54, 1.807) is 0 Å². The van der Waals surface area contributed by atoms with Crippen LogP contribution >= 0.6 is 0 Å². The predicted octanol–water partition coefficient (Wildman–Crippen LogP) is 0.284. The van der Waals surface area contributed by atoms with Gasteiger partial charge in [-0.25, -0.2) is 0 Å². The molecule has 66 valence electrons. The minimum Gasteiger partial charge on any atom is -0.313 e. The average molecular weight is 181 g/mol. The average Bonchev–Trinajstić information content (AvgIpc) is 2.12. The molecule has 0 aromatic rings. The molecule has 0 saturated carbocycles. The van der Waals surface area contributed by atoms with Crippen LogP contribution in [0, 0.1) is 5.92 Å². The summed E-state index contributed by atoms with van der Waals surface area (Å²) in [5.41, 5.74) is 0. The van der Waals surface area contributed by atoms with Crippen molar-refractivity contribution in [2.75, 3.05) is 12.3 Å². The molecule has 1 rings (SSSR count). The molecule has 1 heterocycles. The predicted molar refractivity (Wildman–Crippen MR) is 40.5 cm³/mol. The van der Waals surface area contributed by atoms with Gasteiger partial charge in [-0.3, -0.25) is 0 Å². The fourth-order valence-corrected chi connectivity index (χ4v) is 2.21. The summed E-state index contributed by atoms with van der Waals surface area (Å²) in [6, 6.07) is -0.190. The molecule has 5 heteroatoms. The standard InChI is InChI=1S/C6H12FNO2S/c1-5-2-3-8-6(5)4-11(7,9)10/h5-6,8H,2-4H2,1H3. The minimum atomic E-state index is -4.30. The second-order valence-electron chi connectivity index (χ2n) is 3.03. The monoisotopic (exact) mass is 181 g/mol. The molecule has 1 saturated heterocycles. The fourth-order valence-electron chi connectivity index (χ4n) is 1.34. The summed E-state index contributed by atoms with van der Waals surface area (Å²) in [7, 11) is -4.30. The van der Waals surface area contributed by atoms with Crippen LogP contribution in [0.5, 0.6) is 0 Å². The van der Waals surface area contributed by atoms with E-state index in [-0.39, 0.29) is 17.7 Å². The summed E-state index contributed by atoms with van der Waals surface area (Å²) in [6.07, 6.45) is 0.931. The van der Waals surface area contributed by atoms with E-state index in [1.807, 2.05) is 6.92 Å². The van der Waals surface area contributed by atoms with Crippen molar-refractivity contribution in [2.45, 2.75) is 19.4 Å². The molecular weight excluding hydrogens is 169 g/mol. The van der Waals surface area contributed by atoms with Gasteiger partial charge in [-0.1, -0.05) is 6.92 Å². The molecule has 0 spiro atoms. The smallest absolute Gasteiger partial charge is 0.303 e. The van der Waals surface area contributed by atoms with Crippen LogP contribution in [-0.4, -0.2) is 26.8 Å². The van der Waals surface area contributed by atoms with Crippen LogP contribution in [0.1, 0.15) is 13.3 Å². The Morgan fingerprint density at radius 2 is 2.27 bits per heavy atom. The largest absolute Gasteiger partial charge is 0.313 e. The quantitative estimate of drug-likeness (QED) is 0.622. The summed E-state index contributed by atoms with van der Waals surface area (Å²) < 4.78 is 32.6. The molecule has 3 nitrogen and oxygen atoms in total. The van der Waals surface area contributed by atoms with Crippen LogP contribution in [0.2, 0.25) is 0 Å². The maximum Gasteiger partial charge on any atom is 0.303 e. The minimum absolute atomic E-state index is 0.190. The van der Waals surface area contributed by atoms with E-state index in [4.69, 9.17) is 0 Å². The molecule has 1 fully saturated rings. The van der Waals surface area contributed by atoms with E-state index in [0.717, 1.165) is 13.0 Å². The number of hydrogen-bond acceptors (Lipinski definition) is 3. The Kier molecular flexibility index (Phi) is 2.49. The Hall–Kier alpha value is -0.160. The van der Waals surface area contributed by atoms with Crippen molar-refractivity contribution in [1.29, 1.82) is 0 Å². The first-order valence-electron chi connectivity index (χ1n) is 3.65. The fraction of sp³-hybridized carbons (Fsp3) is 1.00. The molecule has 1 aliphatic rings. The molecule has 0 aromatic heterocycles. The highest BCUT2D eigenvalue weighted by Crippen LogP contribution is 2.16. The first-order chi connectivity index (χ1) is 4.99. The maximum atomic E-state index is 12.1. The second-order valence-corrected chi connectivity index (χ2v) is 4.44. The van der Waals surface area contributed by atoms with Gasteiger partial charge in [0.15, 0.2) is 0 Å². The Labute approximate surface area is 66.2 Å². The molecule has 0 aromatic carbocycles. The molecule has 1 aliphatic heterocycles. The second kappa shape index (κ2) is 3.06. The zero-order valence-corrected chi connectivity index (χ0v) is 7.20. The Balaban J connectivity index is 2.50. The van der Waals surface area contributed by atoms with Gasteiger partial charge in [-0.15, -0.1) is 3.89 Å². The Bertz CT molecular complexity index is 227. The number of nitrogens with one attached hydrogen (secondary N) is 1. The topological polar surface area (TPSA) is 46.2 Å². The number of halogens is 1. The zero-order chi connectivity index (χ0) is 8.48. The van der Waals surface area contributed by atoms with Gasteiger partial charge >= 0.3 is 10.2 Å². The third-order valence-corrected chi connectivity index (χ3v) is 2.83. The van der Waals surface area contributed by atoms with Gasteiger partial charge < -0.3 is 5.32 Å². The van der Waals surface area contributed by atoms with Crippen molar-refractivity contribution in [3.8, 4) is 0 Å². The van der Waals surface area contributed by atoms with Gasteiger partial charge in [0.1, 0.15) is 0 Å². The van der Waals surface area contributed by atoms with Crippen LogP contribution in [0.4, 0.5) is 3.89 Å². The third-order valence-electron chi connectivity index (χ3n) is 2.07. The molecule has 1 N–H and O–H groups in total. The van der Waals surface area contributed by atoms with E-state index in [0.29, 0.717) is 0 Å². The van der Waals surface area contributed by atoms with Gasteiger partial charge in [0, 0.05) is 6.04 Å². The summed E-state index contributed by atoms with van der Waals surface area (Å²) >= 11 is 0. The van der Waals surface area contributed by atoms with Crippen molar-refractivity contribution in [3.63, 3.8) is 0 Å². The maximum absolute atomic E-state index is 12.1. The van der Waals surface area contributed by atoms with Gasteiger partial charge in [0.25, 0.3) is 0 Å². The molecule has 2 atom stereocenters. The molecular formula is C6H12FNO2S. The lowest BCUT2D eigenvalue weighted by Crippen LogP contribution is -2.32. The Morgan fingerprint density at radius 1 is 1.64 bits per heavy atom. The zero-order valence-electron chi connectivity index (χ0n) is 6.38. The van der Waals surface area contributed by atoms with Crippen molar-refractivity contribution >= 4 is 10.2 Å². The van der Waals surface area contributed by atoms with Crippen LogP contribution in [0.25, 0.3) is 0 Å². The van der Waals surface area contributed by atoms with Gasteiger partial charge in [0.05, 0.1) is 5.75 Å². The van der Waals surface area contributed by atoms with Crippen molar-refractivity contribution in [2.24, 2.45) is 5.92 Å². The van der Waals surface area contributed by atoms with E-state index in [1.165, 1.54) is 0 Å². The Morgan fingerprint density at radius 3 is 2.64 bits per heavy atom. The third kappa shape index (κ3) is 2.75. The molecule has 0 amide bonds. The van der Waals surface area contributed by atoms with Crippen LogP contribution in [-0.2, 0) is 10.2 Å². The van der Waals surface area contributed by atoms with Crippen molar-refractivity contribution < 1.29 is 12.3 Å². The van der Waals surface area contributed by atoms with Gasteiger partial charge in [0.2, 0.25) is 0 Å². The van der Waals surface area contributed by atoms with Gasteiger partial charge in [-0.2, -0.15) is 8.42 Å². The first-order valence-corrected chi connectivity index (χ1v) is 5.20. The molecule has 0 radical (unpaired) electrons. The van der Waals surface area contributed by atoms with E-state index < -0.39 is 10.2 Å². The lowest BCUT2D eigenvalue weighted by molar-refractivity contribution is 0.491. The molecule has 0 bridgehead atoms. The van der Waals surface area contributed by atoms with Crippen LogP contribution in [0.3, 0.4) is 0 Å². The van der Waals surface area contributed by atoms with E-state index >= 15 is 0 Å².